The van der Waals surface area contributed by atoms with Crippen LogP contribution in [-0.4, -0.2) is 38.6 Å². The Morgan fingerprint density at radius 1 is 1.47 bits per heavy atom. The zero-order valence-corrected chi connectivity index (χ0v) is 9.84. The number of carbonyl (C=O) groups excluding carboxylic acids is 1. The molecule has 0 rings (SSSR count). The van der Waals surface area contributed by atoms with E-state index in [0.29, 0.717) is 0 Å². The number of carboxylic acids is 1. The lowest BCUT2D eigenvalue weighted by atomic mass is 10.1. The normalized spacial score (nSPS) is 14.9. The smallest absolute Gasteiger partial charge is 0.346 e. The zero-order chi connectivity index (χ0) is 13.6. The average molecular weight is 266 g/mol. The summed E-state index contributed by atoms with van der Waals surface area (Å²) in [5, 5.41) is 11.0. The fraction of sp³-hybridized carbons (Fsp3) is 0.500. The molecule has 0 aromatic carbocycles. The zero-order valence-electron chi connectivity index (χ0n) is 8.94. The molecule has 0 radical (unpaired) electrons. The largest absolute Gasteiger partial charge is 0.480 e. The molecule has 2 unspecified atom stereocenters. The van der Waals surface area contributed by atoms with Gasteiger partial charge in [-0.2, -0.15) is 0 Å². The van der Waals surface area contributed by atoms with Crippen LogP contribution in [0.15, 0.2) is 12.7 Å². The van der Waals surface area contributed by atoms with Gasteiger partial charge in [-0.05, 0) is 6.42 Å². The van der Waals surface area contributed by atoms with Crippen molar-refractivity contribution >= 4 is 19.5 Å². The summed E-state index contributed by atoms with van der Waals surface area (Å²) in [6, 6.07) is -1.28. The van der Waals surface area contributed by atoms with Crippen molar-refractivity contribution in [3.05, 3.63) is 12.7 Å². The fourth-order valence-corrected chi connectivity index (χ4v) is 1.72. The third kappa shape index (κ3) is 6.18. The first-order valence-corrected chi connectivity index (χ1v) is 6.31. The summed E-state index contributed by atoms with van der Waals surface area (Å²) < 4.78 is 10.9. The molecule has 6 N–H and O–H groups in total. The molecular weight excluding hydrogens is 251 g/mol. The first kappa shape index (κ1) is 15.8. The van der Waals surface area contributed by atoms with E-state index in [9.17, 15) is 14.2 Å². The fourth-order valence-electron chi connectivity index (χ4n) is 1.07. The Labute approximate surface area is 97.7 Å². The Morgan fingerprint density at radius 3 is 2.29 bits per heavy atom. The number of carboxylic acid groups (broad SMARTS) is 1. The highest BCUT2D eigenvalue weighted by atomic mass is 31.2. The molecule has 0 aromatic rings. The molecule has 8 nitrogen and oxygen atoms in total. The minimum atomic E-state index is -4.53. The van der Waals surface area contributed by atoms with Crippen molar-refractivity contribution in [3.63, 3.8) is 0 Å². The first-order valence-electron chi connectivity index (χ1n) is 4.63. The minimum absolute atomic E-state index is 0.158. The van der Waals surface area contributed by atoms with Gasteiger partial charge >= 0.3 is 13.6 Å². The van der Waals surface area contributed by atoms with Crippen LogP contribution in [0, 0.1) is 0 Å². The molecule has 2 atom stereocenters. The molecule has 98 valence electrons. The van der Waals surface area contributed by atoms with Crippen molar-refractivity contribution in [2.75, 3.05) is 0 Å². The van der Waals surface area contributed by atoms with E-state index in [1.807, 2.05) is 0 Å². The van der Waals surface area contributed by atoms with Crippen molar-refractivity contribution in [2.45, 2.75) is 24.7 Å². The predicted molar refractivity (Wildman–Crippen MR) is 59.0 cm³/mol. The maximum atomic E-state index is 10.9. The Morgan fingerprint density at radius 2 is 2.00 bits per heavy atom. The first-order chi connectivity index (χ1) is 7.68. The maximum absolute atomic E-state index is 10.9. The van der Waals surface area contributed by atoms with Gasteiger partial charge in [-0.3, -0.25) is 19.5 Å². The average Bonchev–Trinajstić information content (AvgIpc) is 2.14. The molecule has 17 heavy (non-hydrogen) atoms. The van der Waals surface area contributed by atoms with Gasteiger partial charge in [-0.1, -0.05) is 6.08 Å². The summed E-state index contributed by atoms with van der Waals surface area (Å²) in [5.74, 6) is -3.49. The van der Waals surface area contributed by atoms with Gasteiger partial charge in [0, 0.05) is 6.42 Å². The standard InChI is InChI=1S/C8H15N2O6P/c1-2-7(17(14,15)16)10-5(8(12)13)3-4-6(9)11/h2,5,7,10H,1,3-4H2,(H2,9,11)(H,12,13)(H2,14,15,16). The van der Waals surface area contributed by atoms with E-state index in [1.54, 1.807) is 0 Å². The van der Waals surface area contributed by atoms with Gasteiger partial charge in [-0.15, -0.1) is 6.58 Å². The topological polar surface area (TPSA) is 150 Å². The summed E-state index contributed by atoms with van der Waals surface area (Å²) in [4.78, 5) is 39.1. The highest BCUT2D eigenvalue weighted by Gasteiger charge is 2.30. The van der Waals surface area contributed by atoms with Crippen molar-refractivity contribution in [3.8, 4) is 0 Å². The van der Waals surface area contributed by atoms with Crippen LogP contribution in [0.4, 0.5) is 0 Å². The van der Waals surface area contributed by atoms with Crippen molar-refractivity contribution in [2.24, 2.45) is 5.73 Å². The third-order valence-corrected chi connectivity index (χ3v) is 3.02. The number of rotatable bonds is 8. The van der Waals surface area contributed by atoms with Gasteiger partial charge in [0.2, 0.25) is 5.91 Å². The van der Waals surface area contributed by atoms with Crippen LogP contribution in [-0.2, 0) is 14.2 Å². The molecule has 0 saturated carbocycles. The van der Waals surface area contributed by atoms with Crippen molar-refractivity contribution in [1.82, 2.24) is 5.32 Å². The lowest BCUT2D eigenvalue weighted by Gasteiger charge is -2.21. The Bertz CT molecular complexity index is 352. The summed E-state index contributed by atoms with van der Waals surface area (Å²) >= 11 is 0. The number of hydrogen-bond donors (Lipinski definition) is 5. The van der Waals surface area contributed by atoms with Gasteiger partial charge < -0.3 is 20.6 Å². The number of primary amides is 1. The van der Waals surface area contributed by atoms with Crippen molar-refractivity contribution in [1.29, 1.82) is 0 Å². The molecule has 0 bridgehead atoms. The van der Waals surface area contributed by atoms with E-state index < -0.39 is 31.3 Å². The number of aliphatic carboxylic acids is 1. The maximum Gasteiger partial charge on any atom is 0.346 e. The van der Waals surface area contributed by atoms with E-state index in [1.165, 1.54) is 0 Å². The van der Waals surface area contributed by atoms with Crippen molar-refractivity contribution < 1.29 is 29.0 Å². The molecule has 0 aliphatic rings. The molecule has 9 heteroatoms. The van der Waals surface area contributed by atoms with Gasteiger partial charge in [0.1, 0.15) is 11.8 Å². The number of nitrogens with two attached hydrogens (primary N) is 1. The molecule has 0 aromatic heterocycles. The molecule has 0 heterocycles. The summed E-state index contributed by atoms with van der Waals surface area (Å²) in [5.41, 5.74) is 4.86. The van der Waals surface area contributed by atoms with E-state index in [0.717, 1.165) is 6.08 Å². The van der Waals surface area contributed by atoms with Crippen LogP contribution >= 0.6 is 7.60 Å². The molecule has 0 spiro atoms. The number of nitrogens with one attached hydrogen (secondary N) is 1. The van der Waals surface area contributed by atoms with E-state index in [2.05, 4.69) is 11.9 Å². The second-order valence-electron chi connectivity index (χ2n) is 3.33. The summed E-state index contributed by atoms with van der Waals surface area (Å²) in [6.45, 7) is 3.20. The van der Waals surface area contributed by atoms with Crippen LogP contribution in [0.5, 0.6) is 0 Å². The molecule has 0 aliphatic heterocycles. The monoisotopic (exact) mass is 266 g/mol. The molecule has 1 amide bonds. The van der Waals surface area contributed by atoms with Gasteiger partial charge in [-0.25, -0.2) is 0 Å². The van der Waals surface area contributed by atoms with Crippen LogP contribution in [0.3, 0.4) is 0 Å². The van der Waals surface area contributed by atoms with Crippen LogP contribution in [0.25, 0.3) is 0 Å². The van der Waals surface area contributed by atoms with Crippen LogP contribution < -0.4 is 11.1 Å². The minimum Gasteiger partial charge on any atom is -0.480 e. The van der Waals surface area contributed by atoms with Crippen LogP contribution in [0.1, 0.15) is 12.8 Å². The Kier molecular flexibility index (Phi) is 6.04. The SMILES string of the molecule is C=CC(NC(CCC(N)=O)C(=O)O)P(=O)(O)O. The molecule has 0 saturated heterocycles. The Hall–Kier alpha value is -1.21. The van der Waals surface area contributed by atoms with Gasteiger partial charge in [0.25, 0.3) is 0 Å². The summed E-state index contributed by atoms with van der Waals surface area (Å²) in [6.07, 6.45) is 0.560. The Balaban J connectivity index is 4.63. The molecular formula is C8H15N2O6P. The number of hydrogen-bond acceptors (Lipinski definition) is 4. The van der Waals surface area contributed by atoms with E-state index in [-0.39, 0.29) is 12.8 Å². The third-order valence-electron chi connectivity index (χ3n) is 1.94. The highest BCUT2D eigenvalue weighted by molar-refractivity contribution is 7.52. The van der Waals surface area contributed by atoms with E-state index in [4.69, 9.17) is 20.6 Å². The number of amides is 1. The van der Waals surface area contributed by atoms with Gasteiger partial charge in [0.15, 0.2) is 0 Å². The van der Waals surface area contributed by atoms with Gasteiger partial charge in [0.05, 0.1) is 0 Å². The molecule has 0 aliphatic carbocycles. The molecule has 0 fully saturated rings. The second-order valence-corrected chi connectivity index (χ2v) is 5.07. The van der Waals surface area contributed by atoms with E-state index >= 15 is 0 Å². The highest BCUT2D eigenvalue weighted by Crippen LogP contribution is 2.40. The lowest BCUT2D eigenvalue weighted by molar-refractivity contribution is -0.139. The quantitative estimate of drug-likeness (QED) is 0.279. The second kappa shape index (κ2) is 6.51. The predicted octanol–water partition coefficient (Wildman–Crippen LogP) is -1.02. The van der Waals surface area contributed by atoms with Crippen LogP contribution in [0.2, 0.25) is 0 Å². The summed E-state index contributed by atoms with van der Waals surface area (Å²) in [7, 11) is -4.53. The number of carbonyl (C=O) groups is 2. The lowest BCUT2D eigenvalue weighted by Crippen LogP contribution is -2.42.